The van der Waals surface area contributed by atoms with E-state index in [9.17, 15) is 9.90 Å². The fourth-order valence-electron chi connectivity index (χ4n) is 2.46. The Morgan fingerprint density at radius 1 is 1.20 bits per heavy atom. The molecule has 0 saturated carbocycles. The average Bonchev–Trinajstić information content (AvgIpc) is 2.59. The standard InChI is InChI=1S/C14H19ClN2O3/c15-12-3-1-4-13(18)11(12)9-16-5-2-6-17(8-7-16)10-14(19)20/h1,3-4,18H,2,5-10H2,(H,19,20). The Labute approximate surface area is 123 Å². The van der Waals surface area contributed by atoms with Gasteiger partial charge < -0.3 is 10.2 Å². The molecule has 0 bridgehead atoms. The van der Waals surface area contributed by atoms with Crippen LogP contribution in [0.25, 0.3) is 0 Å². The number of carboxylic acid groups (broad SMARTS) is 1. The highest BCUT2D eigenvalue weighted by Gasteiger charge is 2.18. The van der Waals surface area contributed by atoms with Gasteiger partial charge in [-0.05, 0) is 25.1 Å². The van der Waals surface area contributed by atoms with E-state index in [-0.39, 0.29) is 12.3 Å². The zero-order valence-electron chi connectivity index (χ0n) is 11.3. The van der Waals surface area contributed by atoms with Crippen LogP contribution in [0.2, 0.25) is 5.02 Å². The SMILES string of the molecule is O=C(O)CN1CCCN(Cc2c(O)cccc2Cl)CC1. The van der Waals surface area contributed by atoms with Gasteiger partial charge in [-0.1, -0.05) is 17.7 Å². The van der Waals surface area contributed by atoms with Crippen molar-refractivity contribution < 1.29 is 15.0 Å². The van der Waals surface area contributed by atoms with E-state index >= 15 is 0 Å². The Kier molecular flexibility index (Phi) is 5.23. The number of phenols is 1. The molecule has 6 heteroatoms. The summed E-state index contributed by atoms with van der Waals surface area (Å²) in [6.45, 7) is 3.84. The number of benzene rings is 1. The van der Waals surface area contributed by atoms with Crippen molar-refractivity contribution in [2.24, 2.45) is 0 Å². The minimum atomic E-state index is -0.790. The van der Waals surface area contributed by atoms with E-state index in [1.165, 1.54) is 0 Å². The number of carboxylic acids is 1. The molecule has 1 aliphatic rings. The lowest BCUT2D eigenvalue weighted by Crippen LogP contribution is -2.34. The highest BCUT2D eigenvalue weighted by Crippen LogP contribution is 2.26. The molecule has 2 N–H and O–H groups in total. The fraction of sp³-hybridized carbons (Fsp3) is 0.500. The largest absolute Gasteiger partial charge is 0.508 e. The van der Waals surface area contributed by atoms with Gasteiger partial charge in [0.1, 0.15) is 5.75 Å². The summed E-state index contributed by atoms with van der Waals surface area (Å²) >= 11 is 6.11. The highest BCUT2D eigenvalue weighted by atomic mass is 35.5. The van der Waals surface area contributed by atoms with Crippen molar-refractivity contribution in [1.82, 2.24) is 9.80 Å². The molecule has 0 spiro atoms. The van der Waals surface area contributed by atoms with Gasteiger partial charge in [0.05, 0.1) is 6.54 Å². The molecule has 20 heavy (non-hydrogen) atoms. The Bertz CT molecular complexity index is 461. The lowest BCUT2D eigenvalue weighted by Gasteiger charge is -2.21. The zero-order valence-corrected chi connectivity index (χ0v) is 12.0. The van der Waals surface area contributed by atoms with Gasteiger partial charge in [-0.15, -0.1) is 0 Å². The van der Waals surface area contributed by atoms with E-state index in [2.05, 4.69) is 4.90 Å². The van der Waals surface area contributed by atoms with Gasteiger partial charge in [0, 0.05) is 36.8 Å². The van der Waals surface area contributed by atoms with E-state index in [0.29, 0.717) is 11.6 Å². The van der Waals surface area contributed by atoms with Crippen LogP contribution >= 0.6 is 11.6 Å². The fourth-order valence-corrected chi connectivity index (χ4v) is 2.69. The molecule has 110 valence electrons. The number of phenolic OH excluding ortho intramolecular Hbond substituents is 1. The predicted molar refractivity (Wildman–Crippen MR) is 77.1 cm³/mol. The second kappa shape index (κ2) is 6.92. The molecule has 0 radical (unpaired) electrons. The highest BCUT2D eigenvalue weighted by molar-refractivity contribution is 6.31. The monoisotopic (exact) mass is 298 g/mol. The van der Waals surface area contributed by atoms with Crippen LogP contribution in [-0.2, 0) is 11.3 Å². The van der Waals surface area contributed by atoms with Crippen molar-refractivity contribution in [2.45, 2.75) is 13.0 Å². The molecule has 1 heterocycles. The maximum Gasteiger partial charge on any atom is 0.317 e. The Hall–Kier alpha value is -1.30. The number of rotatable bonds is 4. The van der Waals surface area contributed by atoms with Crippen LogP contribution in [0.15, 0.2) is 18.2 Å². The first-order chi connectivity index (χ1) is 9.56. The smallest absolute Gasteiger partial charge is 0.317 e. The second-order valence-electron chi connectivity index (χ2n) is 5.04. The van der Waals surface area contributed by atoms with Gasteiger partial charge in [0.2, 0.25) is 0 Å². The third kappa shape index (κ3) is 4.10. The van der Waals surface area contributed by atoms with Gasteiger partial charge in [0.15, 0.2) is 0 Å². The Morgan fingerprint density at radius 3 is 2.60 bits per heavy atom. The van der Waals surface area contributed by atoms with Gasteiger partial charge in [-0.2, -0.15) is 0 Å². The van der Waals surface area contributed by atoms with Crippen LogP contribution in [0, 0.1) is 0 Å². The van der Waals surface area contributed by atoms with Crippen molar-refractivity contribution in [3.63, 3.8) is 0 Å². The van der Waals surface area contributed by atoms with Crippen molar-refractivity contribution in [1.29, 1.82) is 0 Å². The van der Waals surface area contributed by atoms with Crippen LogP contribution in [-0.4, -0.2) is 58.7 Å². The molecular formula is C14H19ClN2O3. The number of halogens is 1. The van der Waals surface area contributed by atoms with Crippen molar-refractivity contribution in [2.75, 3.05) is 32.7 Å². The average molecular weight is 299 g/mol. The van der Waals surface area contributed by atoms with E-state index in [1.54, 1.807) is 18.2 Å². The molecule has 1 aromatic carbocycles. The van der Waals surface area contributed by atoms with Crippen molar-refractivity contribution in [3.05, 3.63) is 28.8 Å². The van der Waals surface area contributed by atoms with Crippen LogP contribution in [0.1, 0.15) is 12.0 Å². The molecule has 0 amide bonds. The normalized spacial score (nSPS) is 17.9. The minimum absolute atomic E-state index is 0.0885. The number of hydrogen-bond acceptors (Lipinski definition) is 4. The summed E-state index contributed by atoms with van der Waals surface area (Å²) in [6.07, 6.45) is 0.915. The van der Waals surface area contributed by atoms with E-state index < -0.39 is 5.97 Å². The third-order valence-corrected chi connectivity index (χ3v) is 3.87. The first kappa shape index (κ1) is 15.1. The summed E-state index contributed by atoms with van der Waals surface area (Å²) in [5.41, 5.74) is 0.737. The molecule has 2 rings (SSSR count). The topological polar surface area (TPSA) is 64.0 Å². The van der Waals surface area contributed by atoms with Crippen LogP contribution in [0.5, 0.6) is 5.75 Å². The molecule has 0 atom stereocenters. The lowest BCUT2D eigenvalue weighted by atomic mass is 10.2. The number of aromatic hydroxyl groups is 1. The van der Waals surface area contributed by atoms with Gasteiger partial charge in [0.25, 0.3) is 0 Å². The second-order valence-corrected chi connectivity index (χ2v) is 5.44. The first-order valence-corrected chi connectivity index (χ1v) is 7.07. The molecule has 1 aromatic rings. The first-order valence-electron chi connectivity index (χ1n) is 6.69. The maximum absolute atomic E-state index is 10.7. The molecule has 5 nitrogen and oxygen atoms in total. The third-order valence-electron chi connectivity index (χ3n) is 3.52. The molecule has 0 unspecified atom stereocenters. The molecule has 1 fully saturated rings. The minimum Gasteiger partial charge on any atom is -0.508 e. The van der Waals surface area contributed by atoms with Gasteiger partial charge >= 0.3 is 5.97 Å². The van der Waals surface area contributed by atoms with Crippen LogP contribution < -0.4 is 0 Å². The van der Waals surface area contributed by atoms with Crippen molar-refractivity contribution in [3.8, 4) is 5.75 Å². The number of carbonyl (C=O) groups is 1. The molecular weight excluding hydrogens is 280 g/mol. The summed E-state index contributed by atoms with van der Waals surface area (Å²) < 4.78 is 0. The van der Waals surface area contributed by atoms with Crippen molar-refractivity contribution >= 4 is 17.6 Å². The summed E-state index contributed by atoms with van der Waals surface area (Å²) in [7, 11) is 0. The molecule has 1 saturated heterocycles. The number of hydrogen-bond donors (Lipinski definition) is 2. The van der Waals surface area contributed by atoms with Gasteiger partial charge in [-0.25, -0.2) is 0 Å². The van der Waals surface area contributed by atoms with E-state index in [4.69, 9.17) is 16.7 Å². The Balaban J connectivity index is 1.96. The van der Waals surface area contributed by atoms with Crippen LogP contribution in [0.3, 0.4) is 0 Å². The summed E-state index contributed by atoms with van der Waals surface area (Å²) in [4.78, 5) is 14.9. The van der Waals surface area contributed by atoms with E-state index in [1.807, 2.05) is 4.90 Å². The molecule has 0 aliphatic carbocycles. The summed E-state index contributed by atoms with van der Waals surface area (Å²) in [5.74, 6) is -0.577. The molecule has 1 aliphatic heterocycles. The summed E-state index contributed by atoms with van der Waals surface area (Å²) in [5, 5.41) is 19.3. The maximum atomic E-state index is 10.7. The van der Waals surface area contributed by atoms with Gasteiger partial charge in [-0.3, -0.25) is 14.6 Å². The Morgan fingerprint density at radius 2 is 1.90 bits per heavy atom. The zero-order chi connectivity index (χ0) is 14.5. The predicted octanol–water partition coefficient (Wildman–Crippen LogP) is 1.64. The number of aliphatic carboxylic acids is 1. The number of nitrogens with zero attached hydrogens (tertiary/aromatic N) is 2. The molecule has 0 aromatic heterocycles. The van der Waals surface area contributed by atoms with Crippen LogP contribution in [0.4, 0.5) is 0 Å². The summed E-state index contributed by atoms with van der Waals surface area (Å²) in [6, 6.07) is 5.12. The quantitative estimate of drug-likeness (QED) is 0.885. The lowest BCUT2D eigenvalue weighted by molar-refractivity contribution is -0.138. The van der Waals surface area contributed by atoms with E-state index in [0.717, 1.165) is 38.2 Å².